The molecular formula is C16H17O4P. The second-order valence-corrected chi connectivity index (χ2v) is 5.10. The number of carbonyl (C=O) groups is 1. The van der Waals surface area contributed by atoms with Gasteiger partial charge in [-0.05, 0) is 42.3 Å². The highest BCUT2D eigenvalue weighted by molar-refractivity contribution is 7.17. The summed E-state index contributed by atoms with van der Waals surface area (Å²) in [6, 6.07) is 14.8. The van der Waals surface area contributed by atoms with Gasteiger partial charge >= 0.3 is 0 Å². The molecule has 2 rings (SSSR count). The minimum Gasteiger partial charge on any atom is -0.489 e. The topological polar surface area (TPSA) is 52.6 Å². The molecule has 110 valence electrons. The molecule has 0 saturated carbocycles. The van der Waals surface area contributed by atoms with Gasteiger partial charge in [0.1, 0.15) is 23.9 Å². The summed E-state index contributed by atoms with van der Waals surface area (Å²) in [4.78, 5) is 11.0. The van der Waals surface area contributed by atoms with Crippen molar-refractivity contribution in [3.8, 4) is 11.5 Å². The number of rotatable bonds is 7. The van der Waals surface area contributed by atoms with Gasteiger partial charge in [-0.15, -0.1) is 0 Å². The van der Waals surface area contributed by atoms with E-state index >= 15 is 0 Å². The quantitative estimate of drug-likeness (QED) is 0.735. The zero-order valence-electron chi connectivity index (χ0n) is 11.7. The molecule has 21 heavy (non-hydrogen) atoms. The summed E-state index contributed by atoms with van der Waals surface area (Å²) in [6.07, 6.45) is 0.448. The predicted octanol–water partition coefficient (Wildman–Crippen LogP) is 3.45. The van der Waals surface area contributed by atoms with Crippen molar-refractivity contribution in [2.24, 2.45) is 0 Å². The number of carbonyl (C=O) groups excluding carboxylic acids is 1. The van der Waals surface area contributed by atoms with Crippen molar-refractivity contribution in [1.29, 1.82) is 0 Å². The first-order valence-corrected chi connectivity index (χ1v) is 7.52. The largest absolute Gasteiger partial charge is 0.489 e. The summed E-state index contributed by atoms with van der Waals surface area (Å²) in [5.74, 6) is 1.50. The van der Waals surface area contributed by atoms with E-state index in [0.29, 0.717) is 18.8 Å². The van der Waals surface area contributed by atoms with Crippen LogP contribution in [0, 0.1) is 0 Å². The smallest absolute Gasteiger partial charge is 0.225 e. The van der Waals surface area contributed by atoms with Crippen LogP contribution >= 0.6 is 8.69 Å². The number of hydrogen-bond acceptors (Lipinski definition) is 4. The van der Waals surface area contributed by atoms with Crippen LogP contribution in [0.5, 0.6) is 11.5 Å². The second-order valence-electron chi connectivity index (χ2n) is 4.67. The lowest BCUT2D eigenvalue weighted by Crippen LogP contribution is -1.97. The first-order valence-electron chi connectivity index (χ1n) is 6.58. The molecule has 0 amide bonds. The SMILES string of the molecule is CC(=O)Cc1ccc(OCc2ccc(O[PH2]=O)cc2)cc1. The van der Waals surface area contributed by atoms with E-state index in [1.807, 2.05) is 36.4 Å². The van der Waals surface area contributed by atoms with Crippen molar-refractivity contribution in [2.45, 2.75) is 20.0 Å². The predicted molar refractivity (Wildman–Crippen MR) is 82.6 cm³/mol. The van der Waals surface area contributed by atoms with Gasteiger partial charge in [0, 0.05) is 6.42 Å². The molecule has 2 aromatic rings. The molecule has 1 atom stereocenters. The van der Waals surface area contributed by atoms with Crippen molar-refractivity contribution in [3.05, 3.63) is 59.7 Å². The van der Waals surface area contributed by atoms with Gasteiger partial charge < -0.3 is 9.26 Å². The monoisotopic (exact) mass is 304 g/mol. The summed E-state index contributed by atoms with van der Waals surface area (Å²) in [7, 11) is -1.23. The van der Waals surface area contributed by atoms with Gasteiger partial charge in [-0.1, -0.05) is 24.3 Å². The first-order chi connectivity index (χ1) is 10.2. The van der Waals surface area contributed by atoms with E-state index in [9.17, 15) is 9.36 Å². The normalized spacial score (nSPS) is 10.7. The van der Waals surface area contributed by atoms with E-state index in [4.69, 9.17) is 9.26 Å². The van der Waals surface area contributed by atoms with Gasteiger partial charge in [-0.2, -0.15) is 0 Å². The summed E-state index contributed by atoms with van der Waals surface area (Å²) in [5, 5.41) is 0. The third kappa shape index (κ3) is 5.09. The maximum Gasteiger partial charge on any atom is 0.225 e. The molecule has 0 aromatic heterocycles. The number of ether oxygens (including phenoxy) is 1. The molecule has 1 unspecified atom stereocenters. The maximum atomic E-state index is 11.0. The van der Waals surface area contributed by atoms with Gasteiger partial charge in [0.25, 0.3) is 0 Å². The third-order valence-electron chi connectivity index (χ3n) is 2.89. The Morgan fingerprint density at radius 3 is 2.10 bits per heavy atom. The molecule has 0 spiro atoms. The Kier molecular flexibility index (Phi) is 5.59. The van der Waals surface area contributed by atoms with Crippen LogP contribution in [0.2, 0.25) is 0 Å². The maximum absolute atomic E-state index is 11.0. The van der Waals surface area contributed by atoms with Crippen molar-refractivity contribution < 1.29 is 18.6 Å². The zero-order chi connectivity index (χ0) is 15.1. The molecular weight excluding hydrogens is 287 g/mol. The van der Waals surface area contributed by atoms with Crippen molar-refractivity contribution in [2.75, 3.05) is 0 Å². The highest BCUT2D eigenvalue weighted by Crippen LogP contribution is 2.18. The molecule has 0 radical (unpaired) electrons. The van der Waals surface area contributed by atoms with Gasteiger partial charge in [-0.3, -0.25) is 9.36 Å². The molecule has 0 saturated heterocycles. The van der Waals surface area contributed by atoms with Crippen LogP contribution in [-0.2, 0) is 22.4 Å². The average molecular weight is 304 g/mol. The zero-order valence-corrected chi connectivity index (χ0v) is 12.9. The van der Waals surface area contributed by atoms with Gasteiger partial charge in [0.2, 0.25) is 8.69 Å². The van der Waals surface area contributed by atoms with Crippen LogP contribution < -0.4 is 9.26 Å². The molecule has 0 aliphatic heterocycles. The molecule has 0 aliphatic carbocycles. The Bertz CT molecular complexity index is 605. The number of Topliss-reactive ketones (excluding diaryl/α,β-unsaturated/α-hetero) is 1. The molecule has 0 aliphatic rings. The van der Waals surface area contributed by atoms with Crippen LogP contribution in [0.3, 0.4) is 0 Å². The first kappa shape index (κ1) is 15.3. The van der Waals surface area contributed by atoms with E-state index in [1.54, 1.807) is 19.1 Å². The Morgan fingerprint density at radius 2 is 1.52 bits per heavy atom. The fourth-order valence-electron chi connectivity index (χ4n) is 1.88. The van der Waals surface area contributed by atoms with Gasteiger partial charge in [0.05, 0.1) is 0 Å². The molecule has 5 heteroatoms. The Morgan fingerprint density at radius 1 is 0.952 bits per heavy atom. The molecule has 2 aromatic carbocycles. The summed E-state index contributed by atoms with van der Waals surface area (Å²) in [6.45, 7) is 2.02. The van der Waals surface area contributed by atoms with E-state index in [-0.39, 0.29) is 5.78 Å². The van der Waals surface area contributed by atoms with Crippen molar-refractivity contribution in [1.82, 2.24) is 0 Å². The fourth-order valence-corrected chi connectivity index (χ4v) is 2.15. The van der Waals surface area contributed by atoms with Crippen molar-refractivity contribution >= 4 is 14.5 Å². The van der Waals surface area contributed by atoms with Crippen LogP contribution in [0.25, 0.3) is 0 Å². The van der Waals surface area contributed by atoms with Crippen LogP contribution in [0.1, 0.15) is 18.1 Å². The van der Waals surface area contributed by atoms with Crippen LogP contribution in [0.4, 0.5) is 0 Å². The van der Waals surface area contributed by atoms with E-state index in [2.05, 4.69) is 0 Å². The molecule has 0 fully saturated rings. The lowest BCUT2D eigenvalue weighted by molar-refractivity contribution is -0.116. The molecule has 0 heterocycles. The van der Waals surface area contributed by atoms with Crippen LogP contribution in [-0.4, -0.2) is 5.78 Å². The minimum atomic E-state index is -1.23. The fraction of sp³-hybridized carbons (Fsp3) is 0.188. The van der Waals surface area contributed by atoms with Crippen LogP contribution in [0.15, 0.2) is 48.5 Å². The van der Waals surface area contributed by atoms with Gasteiger partial charge in [0.15, 0.2) is 0 Å². The molecule has 4 nitrogen and oxygen atoms in total. The molecule has 0 bridgehead atoms. The van der Waals surface area contributed by atoms with Gasteiger partial charge in [-0.25, -0.2) is 0 Å². The van der Waals surface area contributed by atoms with Crippen molar-refractivity contribution in [3.63, 3.8) is 0 Å². The van der Waals surface area contributed by atoms with E-state index < -0.39 is 8.69 Å². The Labute approximate surface area is 125 Å². The average Bonchev–Trinajstić information content (AvgIpc) is 2.48. The highest BCUT2D eigenvalue weighted by Gasteiger charge is 2.00. The summed E-state index contributed by atoms with van der Waals surface area (Å²) >= 11 is 0. The standard InChI is InChI=1S/C16H17O4P/c1-12(17)10-13-2-6-15(7-3-13)19-11-14-4-8-16(9-5-14)20-21-18/h2-9H,10-11,21H2,1H3. The summed E-state index contributed by atoms with van der Waals surface area (Å²) < 4.78 is 21.0. The van der Waals surface area contributed by atoms with E-state index in [1.165, 1.54) is 0 Å². The Balaban J connectivity index is 1.90. The lowest BCUT2D eigenvalue weighted by atomic mass is 10.1. The number of hydrogen-bond donors (Lipinski definition) is 0. The third-order valence-corrected chi connectivity index (χ3v) is 3.26. The minimum absolute atomic E-state index is 0.144. The molecule has 0 N–H and O–H groups in total. The lowest BCUT2D eigenvalue weighted by Gasteiger charge is -2.07. The second kappa shape index (κ2) is 7.65. The number of ketones is 1. The van der Waals surface area contributed by atoms with E-state index in [0.717, 1.165) is 16.9 Å². The summed E-state index contributed by atoms with van der Waals surface area (Å²) in [5.41, 5.74) is 1.98. The number of benzene rings is 2. The Hall–Kier alpha value is -2.06. The highest BCUT2D eigenvalue weighted by atomic mass is 31.1.